The van der Waals surface area contributed by atoms with Crippen molar-refractivity contribution in [1.29, 1.82) is 0 Å². The first kappa shape index (κ1) is 21.8. The van der Waals surface area contributed by atoms with E-state index in [0.29, 0.717) is 6.04 Å². The molecule has 4 heteroatoms. The summed E-state index contributed by atoms with van der Waals surface area (Å²) in [6.45, 7) is 6.95. The molecule has 2 aromatic rings. The number of aromatic nitrogens is 2. The Morgan fingerprint density at radius 2 is 1.93 bits per heavy atom. The van der Waals surface area contributed by atoms with E-state index in [1.165, 1.54) is 43.2 Å². The molecule has 1 aromatic heterocycles. The Balaban J connectivity index is 1.61. The minimum absolute atomic E-state index is 0.490. The summed E-state index contributed by atoms with van der Waals surface area (Å²) in [5.74, 6) is 0.718. The van der Waals surface area contributed by atoms with Crippen LogP contribution in [0.25, 0.3) is 5.57 Å². The van der Waals surface area contributed by atoms with Gasteiger partial charge in [-0.3, -0.25) is 0 Å². The average Bonchev–Trinajstić information content (AvgIpc) is 2.77. The molecule has 0 aliphatic heterocycles. The van der Waals surface area contributed by atoms with E-state index in [0.717, 1.165) is 30.2 Å². The van der Waals surface area contributed by atoms with E-state index in [1.54, 1.807) is 0 Å². The molecule has 0 saturated heterocycles. The van der Waals surface area contributed by atoms with Crippen LogP contribution in [0.15, 0.2) is 67.5 Å². The number of nitrogens with zero attached hydrogens (tertiary/aromatic N) is 3. The van der Waals surface area contributed by atoms with Gasteiger partial charge in [0, 0.05) is 31.4 Å². The van der Waals surface area contributed by atoms with Gasteiger partial charge in [0.25, 0.3) is 0 Å². The monoisotopic (exact) mass is 402 g/mol. The van der Waals surface area contributed by atoms with Gasteiger partial charge in [-0.2, -0.15) is 0 Å². The van der Waals surface area contributed by atoms with Gasteiger partial charge in [-0.15, -0.1) is 0 Å². The lowest BCUT2D eigenvalue weighted by molar-refractivity contribution is 0.460. The third kappa shape index (κ3) is 6.87. The van der Waals surface area contributed by atoms with Gasteiger partial charge >= 0.3 is 0 Å². The number of rotatable bonds is 9. The van der Waals surface area contributed by atoms with Crippen molar-refractivity contribution >= 4 is 11.5 Å². The lowest BCUT2D eigenvalue weighted by Gasteiger charge is -2.22. The normalized spacial score (nSPS) is 15.3. The van der Waals surface area contributed by atoms with Crippen molar-refractivity contribution in [3.8, 4) is 0 Å². The SMILES string of the molecule is C=C/C=C(\C=C/N(C)CCc1ccc(C)cc1)c1ccnc(NC2CCCCC2)n1. The first-order valence-electron chi connectivity index (χ1n) is 11.0. The van der Waals surface area contributed by atoms with E-state index in [9.17, 15) is 0 Å². The highest BCUT2D eigenvalue weighted by Gasteiger charge is 2.14. The smallest absolute Gasteiger partial charge is 0.223 e. The summed E-state index contributed by atoms with van der Waals surface area (Å²) in [6, 6.07) is 11.2. The van der Waals surface area contributed by atoms with E-state index in [2.05, 4.69) is 72.3 Å². The van der Waals surface area contributed by atoms with Crippen molar-refractivity contribution in [3.05, 3.63) is 84.4 Å². The zero-order valence-electron chi connectivity index (χ0n) is 18.3. The maximum atomic E-state index is 4.76. The lowest BCUT2D eigenvalue weighted by Crippen LogP contribution is -2.23. The van der Waals surface area contributed by atoms with Gasteiger partial charge in [0.1, 0.15) is 0 Å². The molecule has 1 heterocycles. The Hall–Kier alpha value is -2.88. The number of hydrogen-bond donors (Lipinski definition) is 1. The first-order valence-corrected chi connectivity index (χ1v) is 11.0. The van der Waals surface area contributed by atoms with Crippen molar-refractivity contribution in [3.63, 3.8) is 0 Å². The van der Waals surface area contributed by atoms with Gasteiger partial charge in [-0.25, -0.2) is 9.97 Å². The Labute approximate surface area is 181 Å². The molecular weight excluding hydrogens is 368 g/mol. The predicted molar refractivity (Wildman–Crippen MR) is 127 cm³/mol. The highest BCUT2D eigenvalue weighted by atomic mass is 15.1. The Kier molecular flexibility index (Phi) is 8.25. The van der Waals surface area contributed by atoms with Crippen LogP contribution in [-0.2, 0) is 6.42 Å². The predicted octanol–water partition coefficient (Wildman–Crippen LogP) is 5.79. The molecule has 1 N–H and O–H groups in total. The van der Waals surface area contributed by atoms with Crippen LogP contribution in [0.2, 0.25) is 0 Å². The standard InChI is InChI=1S/C26H34N4/c1-4-8-23(17-20-30(3)19-16-22-13-11-21(2)12-14-22)25-15-18-27-26(29-25)28-24-9-6-5-7-10-24/h4,8,11-15,17-18,20,24H,1,5-7,9-10,16,19H2,2-3H3,(H,27,28,29)/b20-17-,23-8+. The van der Waals surface area contributed by atoms with E-state index in [-0.39, 0.29) is 0 Å². The van der Waals surface area contributed by atoms with Crippen LogP contribution < -0.4 is 5.32 Å². The molecule has 1 aromatic carbocycles. The van der Waals surface area contributed by atoms with Crippen LogP contribution >= 0.6 is 0 Å². The number of allylic oxidation sites excluding steroid dienone is 4. The highest BCUT2D eigenvalue weighted by molar-refractivity contribution is 5.73. The zero-order valence-corrected chi connectivity index (χ0v) is 18.3. The summed E-state index contributed by atoms with van der Waals surface area (Å²) in [4.78, 5) is 11.4. The molecule has 3 rings (SSSR count). The second-order valence-electron chi connectivity index (χ2n) is 8.13. The molecule has 158 valence electrons. The van der Waals surface area contributed by atoms with Gasteiger partial charge in [-0.1, -0.05) is 67.8 Å². The first-order chi connectivity index (χ1) is 14.6. The minimum Gasteiger partial charge on any atom is -0.380 e. The summed E-state index contributed by atoms with van der Waals surface area (Å²) < 4.78 is 0. The molecule has 1 fully saturated rings. The molecule has 0 atom stereocenters. The maximum Gasteiger partial charge on any atom is 0.223 e. The lowest BCUT2D eigenvalue weighted by atomic mass is 9.96. The minimum atomic E-state index is 0.490. The number of nitrogens with one attached hydrogen (secondary N) is 1. The molecule has 0 bridgehead atoms. The topological polar surface area (TPSA) is 41.1 Å². The van der Waals surface area contributed by atoms with E-state index in [4.69, 9.17) is 4.98 Å². The molecule has 0 spiro atoms. The fourth-order valence-corrected chi connectivity index (χ4v) is 3.71. The van der Waals surface area contributed by atoms with Gasteiger partial charge in [0.15, 0.2) is 0 Å². The van der Waals surface area contributed by atoms with Crippen molar-refractivity contribution in [2.75, 3.05) is 18.9 Å². The molecule has 1 saturated carbocycles. The Morgan fingerprint density at radius 1 is 1.17 bits per heavy atom. The van der Waals surface area contributed by atoms with Crippen molar-refractivity contribution in [2.45, 2.75) is 51.5 Å². The third-order valence-corrected chi connectivity index (χ3v) is 5.57. The molecular formula is C26H34N4. The summed E-state index contributed by atoms with van der Waals surface area (Å²) in [5.41, 5.74) is 4.60. The van der Waals surface area contributed by atoms with Crippen LogP contribution in [-0.4, -0.2) is 34.5 Å². The molecule has 0 unspecified atom stereocenters. The van der Waals surface area contributed by atoms with Gasteiger partial charge in [-0.05, 0) is 50.1 Å². The molecule has 4 nitrogen and oxygen atoms in total. The Bertz CT molecular complexity index is 861. The largest absolute Gasteiger partial charge is 0.380 e. The van der Waals surface area contributed by atoms with Gasteiger partial charge in [0.05, 0.1) is 5.69 Å². The summed E-state index contributed by atoms with van der Waals surface area (Å²) in [7, 11) is 2.10. The number of likely N-dealkylation sites (N-methyl/N-ethyl adjacent to an activating group) is 1. The second-order valence-corrected chi connectivity index (χ2v) is 8.13. The summed E-state index contributed by atoms with van der Waals surface area (Å²) in [6.07, 6.45) is 17.2. The van der Waals surface area contributed by atoms with Crippen molar-refractivity contribution in [1.82, 2.24) is 14.9 Å². The fourth-order valence-electron chi connectivity index (χ4n) is 3.71. The van der Waals surface area contributed by atoms with E-state index in [1.807, 2.05) is 24.4 Å². The van der Waals surface area contributed by atoms with Crippen LogP contribution in [0.4, 0.5) is 5.95 Å². The number of benzene rings is 1. The quantitative estimate of drug-likeness (QED) is 0.539. The number of anilines is 1. The van der Waals surface area contributed by atoms with Crippen molar-refractivity contribution < 1.29 is 0 Å². The second kappa shape index (κ2) is 11.3. The highest BCUT2D eigenvalue weighted by Crippen LogP contribution is 2.21. The number of hydrogen-bond acceptors (Lipinski definition) is 4. The van der Waals surface area contributed by atoms with E-state index < -0.39 is 0 Å². The summed E-state index contributed by atoms with van der Waals surface area (Å²) in [5, 5.41) is 3.52. The Morgan fingerprint density at radius 3 is 2.67 bits per heavy atom. The number of aryl methyl sites for hydroxylation is 1. The van der Waals surface area contributed by atoms with Crippen LogP contribution in [0.5, 0.6) is 0 Å². The maximum absolute atomic E-state index is 4.76. The van der Waals surface area contributed by atoms with Crippen molar-refractivity contribution in [2.24, 2.45) is 0 Å². The third-order valence-electron chi connectivity index (χ3n) is 5.57. The molecule has 1 aliphatic carbocycles. The van der Waals surface area contributed by atoms with Crippen LogP contribution in [0.3, 0.4) is 0 Å². The van der Waals surface area contributed by atoms with Crippen LogP contribution in [0, 0.1) is 6.92 Å². The molecule has 0 radical (unpaired) electrons. The molecule has 30 heavy (non-hydrogen) atoms. The van der Waals surface area contributed by atoms with Crippen LogP contribution in [0.1, 0.15) is 48.9 Å². The van der Waals surface area contributed by atoms with Gasteiger partial charge in [0.2, 0.25) is 5.95 Å². The molecule has 0 amide bonds. The molecule has 1 aliphatic rings. The van der Waals surface area contributed by atoms with Gasteiger partial charge < -0.3 is 10.2 Å². The average molecular weight is 403 g/mol. The summed E-state index contributed by atoms with van der Waals surface area (Å²) >= 11 is 0. The van der Waals surface area contributed by atoms with E-state index >= 15 is 0 Å². The fraction of sp³-hybridized carbons (Fsp3) is 0.385. The zero-order chi connectivity index (χ0) is 21.2.